The standard InChI is InChI=1S/C15H21NO4S/c1-3-21(19,20)14-7-5-4-6-12(14)16-9-8-11(2)10-13(16)15(17)18/h4-7,11,13H,3,8-10H2,1-2H3,(H,17,18). The Morgan fingerprint density at radius 1 is 1.38 bits per heavy atom. The lowest BCUT2D eigenvalue weighted by atomic mass is 9.92. The molecule has 21 heavy (non-hydrogen) atoms. The van der Waals surface area contributed by atoms with Crippen LogP contribution in [0.3, 0.4) is 0 Å². The van der Waals surface area contributed by atoms with E-state index in [1.807, 2.05) is 6.92 Å². The molecule has 0 aliphatic carbocycles. The van der Waals surface area contributed by atoms with Crippen molar-refractivity contribution in [2.24, 2.45) is 5.92 Å². The minimum Gasteiger partial charge on any atom is -0.480 e. The maximum atomic E-state index is 12.2. The van der Waals surface area contributed by atoms with Gasteiger partial charge in [-0.05, 0) is 30.9 Å². The Kier molecular flexibility index (Phi) is 4.56. The summed E-state index contributed by atoms with van der Waals surface area (Å²) < 4.78 is 24.5. The number of carboxylic acids is 1. The van der Waals surface area contributed by atoms with E-state index in [2.05, 4.69) is 0 Å². The number of hydrogen-bond donors (Lipinski definition) is 1. The van der Waals surface area contributed by atoms with Gasteiger partial charge in [0.1, 0.15) is 6.04 Å². The number of hydrogen-bond acceptors (Lipinski definition) is 4. The van der Waals surface area contributed by atoms with Gasteiger partial charge < -0.3 is 10.0 Å². The van der Waals surface area contributed by atoms with E-state index in [9.17, 15) is 18.3 Å². The number of anilines is 1. The molecule has 1 heterocycles. The summed E-state index contributed by atoms with van der Waals surface area (Å²) in [6, 6.07) is 6.02. The quantitative estimate of drug-likeness (QED) is 0.922. The van der Waals surface area contributed by atoms with E-state index in [0.29, 0.717) is 24.6 Å². The van der Waals surface area contributed by atoms with Gasteiger partial charge in [-0.25, -0.2) is 13.2 Å². The third kappa shape index (κ3) is 3.20. The van der Waals surface area contributed by atoms with Crippen LogP contribution < -0.4 is 4.90 Å². The van der Waals surface area contributed by atoms with Gasteiger partial charge in [0, 0.05) is 6.54 Å². The highest BCUT2D eigenvalue weighted by atomic mass is 32.2. The Morgan fingerprint density at radius 3 is 2.67 bits per heavy atom. The van der Waals surface area contributed by atoms with E-state index in [1.165, 1.54) is 0 Å². The first-order chi connectivity index (χ1) is 9.86. The number of rotatable bonds is 4. The molecule has 116 valence electrons. The molecule has 1 N–H and O–H groups in total. The van der Waals surface area contributed by atoms with Gasteiger partial charge in [-0.3, -0.25) is 0 Å². The molecule has 1 fully saturated rings. The predicted molar refractivity (Wildman–Crippen MR) is 81.3 cm³/mol. The molecule has 0 spiro atoms. The van der Waals surface area contributed by atoms with Crippen molar-refractivity contribution >= 4 is 21.5 Å². The summed E-state index contributed by atoms with van der Waals surface area (Å²) in [4.78, 5) is 13.5. The molecule has 0 aromatic heterocycles. The van der Waals surface area contributed by atoms with Crippen LogP contribution in [-0.2, 0) is 14.6 Å². The summed E-state index contributed by atoms with van der Waals surface area (Å²) in [7, 11) is -3.38. The maximum absolute atomic E-state index is 12.2. The second-order valence-electron chi connectivity index (χ2n) is 5.55. The maximum Gasteiger partial charge on any atom is 0.326 e. The third-order valence-electron chi connectivity index (χ3n) is 4.04. The minimum absolute atomic E-state index is 0.00595. The monoisotopic (exact) mass is 311 g/mol. The summed E-state index contributed by atoms with van der Waals surface area (Å²) >= 11 is 0. The highest BCUT2D eigenvalue weighted by Crippen LogP contribution is 2.33. The fourth-order valence-corrected chi connectivity index (χ4v) is 3.88. The first-order valence-corrected chi connectivity index (χ1v) is 8.83. The molecule has 2 unspecified atom stereocenters. The smallest absolute Gasteiger partial charge is 0.326 e. The summed E-state index contributed by atoms with van der Waals surface area (Å²) in [6.07, 6.45) is 1.40. The molecular formula is C15H21NO4S. The van der Waals surface area contributed by atoms with E-state index in [1.54, 1.807) is 36.1 Å². The van der Waals surface area contributed by atoms with E-state index < -0.39 is 21.8 Å². The second-order valence-corrected chi connectivity index (χ2v) is 7.79. The average molecular weight is 311 g/mol. The van der Waals surface area contributed by atoms with Gasteiger partial charge in [0.15, 0.2) is 9.84 Å². The Labute approximate surface area is 125 Å². The molecule has 0 bridgehead atoms. The molecule has 5 nitrogen and oxygen atoms in total. The van der Waals surface area contributed by atoms with Crippen molar-refractivity contribution in [2.45, 2.75) is 37.6 Å². The normalized spacial score (nSPS) is 23.0. The number of carbonyl (C=O) groups is 1. The number of carboxylic acid groups (broad SMARTS) is 1. The van der Waals surface area contributed by atoms with Crippen LogP contribution in [0.25, 0.3) is 0 Å². The van der Waals surface area contributed by atoms with Crippen molar-refractivity contribution < 1.29 is 18.3 Å². The van der Waals surface area contributed by atoms with E-state index in [-0.39, 0.29) is 10.6 Å². The number of aliphatic carboxylic acids is 1. The fourth-order valence-electron chi connectivity index (χ4n) is 2.78. The average Bonchev–Trinajstić information content (AvgIpc) is 2.47. The van der Waals surface area contributed by atoms with Crippen molar-refractivity contribution in [1.82, 2.24) is 0 Å². The van der Waals surface area contributed by atoms with Crippen LogP contribution >= 0.6 is 0 Å². The van der Waals surface area contributed by atoms with E-state index in [0.717, 1.165) is 6.42 Å². The van der Waals surface area contributed by atoms with Crippen LogP contribution in [0.2, 0.25) is 0 Å². The van der Waals surface area contributed by atoms with Crippen molar-refractivity contribution in [3.05, 3.63) is 24.3 Å². The van der Waals surface area contributed by atoms with Gasteiger partial charge in [-0.2, -0.15) is 0 Å². The topological polar surface area (TPSA) is 74.7 Å². The first-order valence-electron chi connectivity index (χ1n) is 7.18. The van der Waals surface area contributed by atoms with Gasteiger partial charge in [-0.1, -0.05) is 26.0 Å². The molecule has 1 aromatic rings. The molecule has 1 aromatic carbocycles. The van der Waals surface area contributed by atoms with Crippen molar-refractivity contribution in [3.63, 3.8) is 0 Å². The Morgan fingerprint density at radius 2 is 2.05 bits per heavy atom. The predicted octanol–water partition coefficient (Wildman–Crippen LogP) is 2.17. The SMILES string of the molecule is CCS(=O)(=O)c1ccccc1N1CCC(C)CC1C(=O)O. The summed E-state index contributed by atoms with van der Waals surface area (Å²) in [6.45, 7) is 4.19. The molecule has 1 aliphatic heterocycles. The van der Waals surface area contributed by atoms with Crippen LogP contribution in [0, 0.1) is 5.92 Å². The highest BCUT2D eigenvalue weighted by molar-refractivity contribution is 7.91. The zero-order valence-electron chi connectivity index (χ0n) is 12.3. The molecule has 1 aliphatic rings. The van der Waals surface area contributed by atoms with Gasteiger partial charge in [0.2, 0.25) is 0 Å². The number of para-hydroxylation sites is 1. The summed E-state index contributed by atoms with van der Waals surface area (Å²) in [5, 5.41) is 9.45. The number of nitrogens with zero attached hydrogens (tertiary/aromatic N) is 1. The van der Waals surface area contributed by atoms with Gasteiger partial charge in [0.05, 0.1) is 16.3 Å². The van der Waals surface area contributed by atoms with E-state index in [4.69, 9.17) is 0 Å². The molecule has 0 radical (unpaired) electrons. The summed E-state index contributed by atoms with van der Waals surface area (Å²) in [5.74, 6) is -0.561. The number of sulfone groups is 1. The number of benzene rings is 1. The first kappa shape index (κ1) is 15.8. The Hall–Kier alpha value is -1.56. The highest BCUT2D eigenvalue weighted by Gasteiger charge is 2.34. The molecular weight excluding hydrogens is 290 g/mol. The third-order valence-corrected chi connectivity index (χ3v) is 5.81. The van der Waals surface area contributed by atoms with Crippen LogP contribution in [-0.4, -0.2) is 37.8 Å². The fraction of sp³-hybridized carbons (Fsp3) is 0.533. The molecule has 2 rings (SSSR count). The lowest BCUT2D eigenvalue weighted by Crippen LogP contribution is -2.47. The van der Waals surface area contributed by atoms with Crippen LogP contribution in [0.15, 0.2) is 29.2 Å². The molecule has 2 atom stereocenters. The van der Waals surface area contributed by atoms with Gasteiger partial charge >= 0.3 is 5.97 Å². The summed E-state index contributed by atoms with van der Waals surface area (Å²) in [5.41, 5.74) is 0.513. The van der Waals surface area contributed by atoms with Crippen LogP contribution in [0.4, 0.5) is 5.69 Å². The molecule has 0 saturated carbocycles. The van der Waals surface area contributed by atoms with Crippen LogP contribution in [0.5, 0.6) is 0 Å². The zero-order chi connectivity index (χ0) is 15.6. The second kappa shape index (κ2) is 6.05. The molecule has 6 heteroatoms. The lowest BCUT2D eigenvalue weighted by Gasteiger charge is -2.38. The van der Waals surface area contributed by atoms with Crippen molar-refractivity contribution in [1.29, 1.82) is 0 Å². The van der Waals surface area contributed by atoms with Crippen LogP contribution in [0.1, 0.15) is 26.7 Å². The molecule has 0 amide bonds. The minimum atomic E-state index is -3.38. The number of piperidine rings is 1. The van der Waals surface area contributed by atoms with E-state index >= 15 is 0 Å². The van der Waals surface area contributed by atoms with Gasteiger partial charge in [0.25, 0.3) is 0 Å². The Bertz CT molecular complexity index is 626. The molecule has 1 saturated heterocycles. The van der Waals surface area contributed by atoms with Crippen molar-refractivity contribution in [3.8, 4) is 0 Å². The lowest BCUT2D eigenvalue weighted by molar-refractivity contribution is -0.139. The Balaban J connectivity index is 2.48. The zero-order valence-corrected chi connectivity index (χ0v) is 13.1. The van der Waals surface area contributed by atoms with Crippen molar-refractivity contribution in [2.75, 3.05) is 17.2 Å². The largest absolute Gasteiger partial charge is 0.480 e. The van der Waals surface area contributed by atoms with Gasteiger partial charge in [-0.15, -0.1) is 0 Å².